The minimum Gasteiger partial charge on any atom is -0.497 e. The van der Waals surface area contributed by atoms with E-state index in [0.29, 0.717) is 0 Å². The van der Waals surface area contributed by atoms with E-state index in [1.54, 1.807) is 7.11 Å². The summed E-state index contributed by atoms with van der Waals surface area (Å²) in [6.45, 7) is 2.84. The highest BCUT2D eigenvalue weighted by molar-refractivity contribution is 9.10. The number of aryl methyl sites for hydroxylation is 1. The molecule has 0 unspecified atom stereocenters. The Morgan fingerprint density at radius 2 is 1.89 bits per heavy atom. The van der Waals surface area contributed by atoms with Crippen molar-refractivity contribution in [2.45, 2.75) is 13.5 Å². The molecule has 0 aliphatic carbocycles. The van der Waals surface area contributed by atoms with Crippen LogP contribution in [0, 0.1) is 6.92 Å². The maximum absolute atomic E-state index is 5.25. The SMILES string of the molecule is COc1ccc(Br)c(CNc2ccc(Br)cc2C)c1. The molecule has 0 bridgehead atoms. The molecule has 0 fully saturated rings. The lowest BCUT2D eigenvalue weighted by Crippen LogP contribution is -2.02. The van der Waals surface area contributed by atoms with Crippen molar-refractivity contribution in [3.63, 3.8) is 0 Å². The van der Waals surface area contributed by atoms with E-state index in [9.17, 15) is 0 Å². The smallest absolute Gasteiger partial charge is 0.119 e. The van der Waals surface area contributed by atoms with Crippen LogP contribution in [0.2, 0.25) is 0 Å². The van der Waals surface area contributed by atoms with Crippen molar-refractivity contribution in [3.8, 4) is 5.75 Å². The zero-order valence-corrected chi connectivity index (χ0v) is 14.0. The zero-order chi connectivity index (χ0) is 13.8. The number of halogens is 2. The van der Waals surface area contributed by atoms with Gasteiger partial charge in [-0.3, -0.25) is 0 Å². The highest BCUT2D eigenvalue weighted by atomic mass is 79.9. The van der Waals surface area contributed by atoms with E-state index >= 15 is 0 Å². The second-order valence-electron chi connectivity index (χ2n) is 4.27. The van der Waals surface area contributed by atoms with Gasteiger partial charge in [-0.2, -0.15) is 0 Å². The summed E-state index contributed by atoms with van der Waals surface area (Å²) < 4.78 is 7.42. The van der Waals surface area contributed by atoms with Crippen molar-refractivity contribution in [2.24, 2.45) is 0 Å². The lowest BCUT2D eigenvalue weighted by molar-refractivity contribution is 0.414. The Morgan fingerprint density at radius 1 is 1.11 bits per heavy atom. The van der Waals surface area contributed by atoms with Gasteiger partial charge in [0.1, 0.15) is 5.75 Å². The number of anilines is 1. The van der Waals surface area contributed by atoms with Crippen LogP contribution in [0.15, 0.2) is 45.3 Å². The molecule has 0 aliphatic heterocycles. The van der Waals surface area contributed by atoms with Gasteiger partial charge >= 0.3 is 0 Å². The number of nitrogens with one attached hydrogen (secondary N) is 1. The molecule has 2 aromatic rings. The molecule has 1 N–H and O–H groups in total. The first-order valence-corrected chi connectivity index (χ1v) is 7.51. The van der Waals surface area contributed by atoms with E-state index in [-0.39, 0.29) is 0 Å². The maximum atomic E-state index is 5.25. The largest absolute Gasteiger partial charge is 0.497 e. The molecule has 0 radical (unpaired) electrons. The maximum Gasteiger partial charge on any atom is 0.119 e. The van der Waals surface area contributed by atoms with Gasteiger partial charge < -0.3 is 10.1 Å². The van der Waals surface area contributed by atoms with Crippen LogP contribution in [0.3, 0.4) is 0 Å². The highest BCUT2D eigenvalue weighted by Gasteiger charge is 2.04. The number of rotatable bonds is 4. The van der Waals surface area contributed by atoms with E-state index in [0.717, 1.165) is 26.9 Å². The minimum atomic E-state index is 0.750. The quantitative estimate of drug-likeness (QED) is 0.787. The van der Waals surface area contributed by atoms with Gasteiger partial charge in [0, 0.05) is 21.2 Å². The number of hydrogen-bond donors (Lipinski definition) is 1. The van der Waals surface area contributed by atoms with Crippen LogP contribution in [0.25, 0.3) is 0 Å². The third-order valence-corrected chi connectivity index (χ3v) is 4.18. The van der Waals surface area contributed by atoms with Gasteiger partial charge in [-0.1, -0.05) is 31.9 Å². The molecule has 2 aromatic carbocycles. The zero-order valence-electron chi connectivity index (χ0n) is 10.8. The normalized spacial score (nSPS) is 10.3. The van der Waals surface area contributed by atoms with Crippen LogP contribution in [0.1, 0.15) is 11.1 Å². The summed E-state index contributed by atoms with van der Waals surface area (Å²) in [5.41, 5.74) is 3.52. The molecule has 2 rings (SSSR count). The van der Waals surface area contributed by atoms with E-state index in [1.807, 2.05) is 24.3 Å². The summed E-state index contributed by atoms with van der Waals surface area (Å²) in [6.07, 6.45) is 0. The molecular weight excluding hydrogens is 370 g/mol. The predicted molar refractivity (Wildman–Crippen MR) is 86.9 cm³/mol. The standard InChI is InChI=1S/C15H15Br2NO/c1-10-7-12(16)3-6-15(10)18-9-11-8-13(19-2)4-5-14(11)17/h3-8,18H,9H2,1-2H3. The van der Waals surface area contributed by atoms with Crippen molar-refractivity contribution in [1.82, 2.24) is 0 Å². The average Bonchev–Trinajstić information content (AvgIpc) is 2.39. The highest BCUT2D eigenvalue weighted by Crippen LogP contribution is 2.25. The van der Waals surface area contributed by atoms with E-state index in [4.69, 9.17) is 4.74 Å². The first-order valence-electron chi connectivity index (χ1n) is 5.92. The topological polar surface area (TPSA) is 21.3 Å². The van der Waals surface area contributed by atoms with Gasteiger partial charge in [0.25, 0.3) is 0 Å². The van der Waals surface area contributed by atoms with E-state index in [2.05, 4.69) is 56.2 Å². The van der Waals surface area contributed by atoms with Crippen molar-refractivity contribution in [3.05, 3.63) is 56.5 Å². The van der Waals surface area contributed by atoms with Crippen molar-refractivity contribution < 1.29 is 4.74 Å². The fourth-order valence-electron chi connectivity index (χ4n) is 1.83. The predicted octanol–water partition coefficient (Wildman–Crippen LogP) is 5.14. The van der Waals surface area contributed by atoms with Crippen molar-refractivity contribution in [1.29, 1.82) is 0 Å². The molecule has 0 aromatic heterocycles. The fraction of sp³-hybridized carbons (Fsp3) is 0.200. The molecule has 0 heterocycles. The Labute approximate surface area is 130 Å². The molecule has 0 amide bonds. The van der Waals surface area contributed by atoms with Gasteiger partial charge in [0.2, 0.25) is 0 Å². The summed E-state index contributed by atoms with van der Waals surface area (Å²) in [4.78, 5) is 0. The summed E-state index contributed by atoms with van der Waals surface area (Å²) in [6, 6.07) is 12.2. The molecule has 4 heteroatoms. The lowest BCUT2D eigenvalue weighted by Gasteiger charge is -2.12. The van der Waals surface area contributed by atoms with E-state index < -0.39 is 0 Å². The van der Waals surface area contributed by atoms with Crippen LogP contribution in [0.4, 0.5) is 5.69 Å². The minimum absolute atomic E-state index is 0.750. The number of hydrogen-bond acceptors (Lipinski definition) is 2. The Bertz CT molecular complexity index is 584. The first kappa shape index (κ1) is 14.4. The number of benzene rings is 2. The van der Waals surface area contributed by atoms with Gasteiger partial charge in [-0.25, -0.2) is 0 Å². The molecule has 0 saturated heterocycles. The molecule has 2 nitrogen and oxygen atoms in total. The van der Waals surface area contributed by atoms with Crippen molar-refractivity contribution >= 4 is 37.5 Å². The molecule has 0 aliphatic rings. The average molecular weight is 385 g/mol. The van der Waals surface area contributed by atoms with Gasteiger partial charge in [0.15, 0.2) is 0 Å². The Balaban J connectivity index is 2.14. The van der Waals surface area contributed by atoms with Crippen LogP contribution in [-0.4, -0.2) is 7.11 Å². The Hall–Kier alpha value is -1.00. The van der Waals surface area contributed by atoms with Crippen LogP contribution >= 0.6 is 31.9 Å². The lowest BCUT2D eigenvalue weighted by atomic mass is 10.1. The third kappa shape index (κ3) is 3.74. The van der Waals surface area contributed by atoms with Crippen LogP contribution < -0.4 is 10.1 Å². The fourth-order valence-corrected chi connectivity index (χ4v) is 2.69. The summed E-state index contributed by atoms with van der Waals surface area (Å²) in [7, 11) is 1.68. The Kier molecular flexibility index (Phi) is 4.88. The monoisotopic (exact) mass is 383 g/mol. The van der Waals surface area contributed by atoms with Gasteiger partial charge in [-0.15, -0.1) is 0 Å². The second-order valence-corrected chi connectivity index (χ2v) is 6.04. The summed E-state index contributed by atoms with van der Waals surface area (Å²) in [5.74, 6) is 0.868. The number of ether oxygens (including phenoxy) is 1. The molecule has 0 spiro atoms. The summed E-state index contributed by atoms with van der Waals surface area (Å²) >= 11 is 7.03. The summed E-state index contributed by atoms with van der Waals surface area (Å²) in [5, 5.41) is 3.44. The molecule has 100 valence electrons. The molecular formula is C15H15Br2NO. The molecule has 0 saturated carbocycles. The van der Waals surface area contributed by atoms with Crippen LogP contribution in [-0.2, 0) is 6.54 Å². The van der Waals surface area contributed by atoms with E-state index in [1.165, 1.54) is 11.1 Å². The third-order valence-electron chi connectivity index (χ3n) is 2.91. The Morgan fingerprint density at radius 3 is 2.58 bits per heavy atom. The van der Waals surface area contributed by atoms with Crippen LogP contribution in [0.5, 0.6) is 5.75 Å². The first-order chi connectivity index (χ1) is 9.10. The van der Waals surface area contributed by atoms with Crippen molar-refractivity contribution in [2.75, 3.05) is 12.4 Å². The van der Waals surface area contributed by atoms with Gasteiger partial charge in [0.05, 0.1) is 7.11 Å². The molecule has 0 atom stereocenters. The van der Waals surface area contributed by atoms with Gasteiger partial charge in [-0.05, 0) is 54.4 Å². The second kappa shape index (κ2) is 6.44. The molecule has 19 heavy (non-hydrogen) atoms. The number of methoxy groups -OCH3 is 1.